The molecule has 1 unspecified atom stereocenters. The second kappa shape index (κ2) is 9.76. The van der Waals surface area contributed by atoms with Gasteiger partial charge >= 0.3 is 12.0 Å². The number of ether oxygens (including phenoxy) is 1. The first-order valence-corrected chi connectivity index (χ1v) is 11.0. The summed E-state index contributed by atoms with van der Waals surface area (Å²) < 4.78 is 4.72. The Bertz CT molecular complexity index is 896. The van der Waals surface area contributed by atoms with Crippen LogP contribution in [0.1, 0.15) is 65.0 Å². The standard InChI is InChI=1S/C25H37N3O4/c1-16(2)20(26-23(31)27-25(6,7)22(30)32-8)21(29)28-14-13-19(24(4,5)15-28)18-11-9-17(3)10-12-18/h9-12,19H,13-15H2,1-8H3,(H2,26,27,31). The Morgan fingerprint density at radius 3 is 2.22 bits per heavy atom. The predicted molar refractivity (Wildman–Crippen MR) is 125 cm³/mol. The van der Waals surface area contributed by atoms with Gasteiger partial charge in [-0.1, -0.05) is 43.7 Å². The average Bonchev–Trinajstić information content (AvgIpc) is 2.70. The first-order valence-electron chi connectivity index (χ1n) is 11.0. The molecule has 0 bridgehead atoms. The van der Waals surface area contributed by atoms with Crippen LogP contribution in [0.3, 0.4) is 0 Å². The molecule has 1 atom stereocenters. The third-order valence-electron chi connectivity index (χ3n) is 6.07. The molecule has 1 aromatic carbocycles. The predicted octanol–water partition coefficient (Wildman–Crippen LogP) is 3.88. The van der Waals surface area contributed by atoms with Crippen molar-refractivity contribution < 1.29 is 19.1 Å². The normalized spacial score (nSPS) is 17.9. The Hall–Kier alpha value is -2.83. The molecule has 0 spiro atoms. The highest BCUT2D eigenvalue weighted by Crippen LogP contribution is 2.42. The smallest absolute Gasteiger partial charge is 0.331 e. The number of nitrogens with one attached hydrogen (secondary N) is 2. The van der Waals surface area contributed by atoms with Crippen LogP contribution in [0.15, 0.2) is 35.5 Å². The average molecular weight is 444 g/mol. The first kappa shape index (κ1) is 25.4. The highest BCUT2D eigenvalue weighted by atomic mass is 16.5. The van der Waals surface area contributed by atoms with Gasteiger partial charge in [-0.3, -0.25) is 4.79 Å². The van der Waals surface area contributed by atoms with Gasteiger partial charge < -0.3 is 20.3 Å². The van der Waals surface area contributed by atoms with Gasteiger partial charge in [0.1, 0.15) is 11.2 Å². The molecule has 32 heavy (non-hydrogen) atoms. The van der Waals surface area contributed by atoms with Crippen LogP contribution >= 0.6 is 0 Å². The fourth-order valence-corrected chi connectivity index (χ4v) is 4.23. The van der Waals surface area contributed by atoms with Crippen molar-refractivity contribution in [3.05, 3.63) is 46.7 Å². The van der Waals surface area contributed by atoms with Crippen LogP contribution in [-0.2, 0) is 14.3 Å². The highest BCUT2D eigenvalue weighted by molar-refractivity contribution is 5.98. The monoisotopic (exact) mass is 443 g/mol. The molecule has 0 aromatic heterocycles. The van der Waals surface area contributed by atoms with Crippen molar-refractivity contribution in [1.29, 1.82) is 0 Å². The van der Waals surface area contributed by atoms with Crippen molar-refractivity contribution in [3.63, 3.8) is 0 Å². The van der Waals surface area contributed by atoms with E-state index in [1.165, 1.54) is 18.2 Å². The molecule has 1 aromatic rings. The van der Waals surface area contributed by atoms with Gasteiger partial charge in [-0.2, -0.15) is 0 Å². The molecule has 1 aliphatic rings. The van der Waals surface area contributed by atoms with Crippen molar-refractivity contribution >= 4 is 17.9 Å². The van der Waals surface area contributed by atoms with Crippen LogP contribution in [-0.4, -0.2) is 48.5 Å². The molecule has 7 nitrogen and oxygen atoms in total. The number of methoxy groups -OCH3 is 1. The zero-order valence-corrected chi connectivity index (χ0v) is 20.6. The van der Waals surface area contributed by atoms with Crippen LogP contribution in [0, 0.1) is 12.3 Å². The number of allylic oxidation sites excluding steroid dienone is 1. The maximum atomic E-state index is 13.3. The van der Waals surface area contributed by atoms with Gasteiger partial charge in [0.05, 0.1) is 7.11 Å². The molecular weight excluding hydrogens is 406 g/mol. The number of carbonyl (C=O) groups is 3. The number of carbonyl (C=O) groups excluding carboxylic acids is 3. The number of hydrogen-bond donors (Lipinski definition) is 2. The zero-order chi connectivity index (χ0) is 24.3. The van der Waals surface area contributed by atoms with Crippen LogP contribution in [0.2, 0.25) is 0 Å². The molecule has 1 fully saturated rings. The molecule has 176 valence electrons. The fraction of sp³-hybridized carbons (Fsp3) is 0.560. The summed E-state index contributed by atoms with van der Waals surface area (Å²) in [6, 6.07) is 7.98. The Balaban J connectivity index is 2.13. The van der Waals surface area contributed by atoms with E-state index in [2.05, 4.69) is 55.7 Å². The summed E-state index contributed by atoms with van der Waals surface area (Å²) in [5, 5.41) is 5.23. The minimum absolute atomic E-state index is 0.120. The fourth-order valence-electron chi connectivity index (χ4n) is 4.23. The topological polar surface area (TPSA) is 87.7 Å². The quantitative estimate of drug-likeness (QED) is 0.534. The molecule has 0 radical (unpaired) electrons. The minimum atomic E-state index is -1.22. The molecule has 2 rings (SSSR count). The van der Waals surface area contributed by atoms with Crippen molar-refractivity contribution in [1.82, 2.24) is 15.5 Å². The summed E-state index contributed by atoms with van der Waals surface area (Å²) in [4.78, 5) is 39.5. The van der Waals surface area contributed by atoms with Gasteiger partial charge in [-0.25, -0.2) is 9.59 Å². The van der Waals surface area contributed by atoms with Gasteiger partial charge in [0.2, 0.25) is 0 Å². The Morgan fingerprint density at radius 1 is 1.12 bits per heavy atom. The van der Waals surface area contributed by atoms with Crippen LogP contribution in [0.4, 0.5) is 4.79 Å². The first-order chi connectivity index (χ1) is 14.8. The van der Waals surface area contributed by atoms with E-state index >= 15 is 0 Å². The van der Waals surface area contributed by atoms with E-state index in [4.69, 9.17) is 4.74 Å². The maximum absolute atomic E-state index is 13.3. The number of rotatable bonds is 5. The molecule has 3 amide bonds. The second-order valence-electron chi connectivity index (χ2n) is 10.0. The number of urea groups is 1. The zero-order valence-electron chi connectivity index (χ0n) is 20.6. The van der Waals surface area contributed by atoms with Crippen LogP contribution in [0.25, 0.3) is 0 Å². The lowest BCUT2D eigenvalue weighted by molar-refractivity contribution is -0.146. The summed E-state index contributed by atoms with van der Waals surface area (Å²) in [6.45, 7) is 14.3. The summed E-state index contributed by atoms with van der Waals surface area (Å²) in [5.41, 5.74) is 2.10. The number of aryl methyl sites for hydroxylation is 1. The molecule has 1 heterocycles. The molecular formula is C25H37N3O4. The number of nitrogens with zero attached hydrogens (tertiary/aromatic N) is 1. The summed E-state index contributed by atoms with van der Waals surface area (Å²) in [6.07, 6.45) is 0.847. The molecule has 0 aliphatic carbocycles. The van der Waals surface area contributed by atoms with E-state index in [1.807, 2.05) is 0 Å². The van der Waals surface area contributed by atoms with Crippen molar-refractivity contribution in [2.75, 3.05) is 20.2 Å². The van der Waals surface area contributed by atoms with Crippen molar-refractivity contribution in [3.8, 4) is 0 Å². The maximum Gasteiger partial charge on any atom is 0.331 e. The summed E-state index contributed by atoms with van der Waals surface area (Å²) >= 11 is 0. The van der Waals surface area contributed by atoms with E-state index in [9.17, 15) is 14.4 Å². The molecule has 2 N–H and O–H groups in total. The van der Waals surface area contributed by atoms with Gasteiger partial charge in [-0.05, 0) is 63.5 Å². The lowest BCUT2D eigenvalue weighted by Crippen LogP contribution is -2.55. The Morgan fingerprint density at radius 2 is 1.72 bits per heavy atom. The molecule has 1 aliphatic heterocycles. The third-order valence-corrected chi connectivity index (χ3v) is 6.07. The number of amides is 3. The largest absolute Gasteiger partial charge is 0.467 e. The lowest BCUT2D eigenvalue weighted by atomic mass is 9.70. The third kappa shape index (κ3) is 5.90. The second-order valence-corrected chi connectivity index (χ2v) is 10.0. The van der Waals surface area contributed by atoms with E-state index < -0.39 is 17.5 Å². The van der Waals surface area contributed by atoms with Crippen molar-refractivity contribution in [2.45, 2.75) is 66.3 Å². The van der Waals surface area contributed by atoms with Crippen molar-refractivity contribution in [2.24, 2.45) is 5.41 Å². The van der Waals surface area contributed by atoms with E-state index in [-0.39, 0.29) is 17.0 Å². The Labute approximate surface area is 191 Å². The van der Waals surface area contributed by atoms with Crippen LogP contribution < -0.4 is 10.6 Å². The van der Waals surface area contributed by atoms with E-state index in [1.54, 1.807) is 32.6 Å². The summed E-state index contributed by atoms with van der Waals surface area (Å²) in [5.74, 6) is -0.441. The van der Waals surface area contributed by atoms with Gasteiger partial charge in [0, 0.05) is 13.1 Å². The SMILES string of the molecule is COC(=O)C(C)(C)NC(=O)NC(C(=O)N1CCC(c2ccc(C)cc2)C(C)(C)C1)=C(C)C. The van der Waals surface area contributed by atoms with Gasteiger partial charge in [0.25, 0.3) is 5.91 Å². The van der Waals surface area contributed by atoms with E-state index in [0.717, 1.165) is 6.42 Å². The van der Waals surface area contributed by atoms with E-state index in [0.29, 0.717) is 24.6 Å². The summed E-state index contributed by atoms with van der Waals surface area (Å²) in [7, 11) is 1.26. The number of hydrogen-bond acceptors (Lipinski definition) is 4. The number of piperidine rings is 1. The molecule has 7 heteroatoms. The minimum Gasteiger partial charge on any atom is -0.467 e. The molecule has 1 saturated heterocycles. The van der Waals surface area contributed by atoms with Gasteiger partial charge in [-0.15, -0.1) is 0 Å². The highest BCUT2D eigenvalue weighted by Gasteiger charge is 2.39. The van der Waals surface area contributed by atoms with Crippen LogP contribution in [0.5, 0.6) is 0 Å². The number of esters is 1. The van der Waals surface area contributed by atoms with Gasteiger partial charge in [0.15, 0.2) is 0 Å². The number of benzene rings is 1. The lowest BCUT2D eigenvalue weighted by Gasteiger charge is -2.45. The Kier molecular flexibility index (Phi) is 7.75. The number of likely N-dealkylation sites (tertiary alicyclic amines) is 1. The molecule has 0 saturated carbocycles.